The monoisotopic (exact) mass is 283 g/mol. The third kappa shape index (κ3) is 3.40. The first-order valence-corrected chi connectivity index (χ1v) is 6.96. The Bertz CT molecular complexity index is 404. The summed E-state index contributed by atoms with van der Waals surface area (Å²) in [5.41, 5.74) is 5.26. The summed E-state index contributed by atoms with van der Waals surface area (Å²) in [6.45, 7) is 1.70. The zero-order chi connectivity index (χ0) is 14.7. The molecule has 0 aliphatic carbocycles. The fraction of sp³-hybridized carbons (Fsp3) is 0.769. The van der Waals surface area contributed by atoms with Gasteiger partial charge < -0.3 is 20.3 Å². The molecule has 2 aliphatic heterocycles. The number of primary amides is 1. The molecule has 2 N–H and O–H groups in total. The summed E-state index contributed by atoms with van der Waals surface area (Å²) in [5, 5.41) is 0. The molecular formula is C13H21N3O4. The molecule has 0 bridgehead atoms. The SMILES string of the molecule is CN1CC(CCC(=O)N2CCC(C(N)=O)CC2)OC1=O. The van der Waals surface area contributed by atoms with E-state index in [1.165, 1.54) is 4.90 Å². The lowest BCUT2D eigenvalue weighted by Gasteiger charge is -2.30. The van der Waals surface area contributed by atoms with E-state index >= 15 is 0 Å². The van der Waals surface area contributed by atoms with Gasteiger partial charge in [-0.25, -0.2) is 4.79 Å². The Labute approximate surface area is 118 Å². The van der Waals surface area contributed by atoms with Crippen LogP contribution in [0.4, 0.5) is 4.79 Å². The van der Waals surface area contributed by atoms with E-state index in [1.54, 1.807) is 11.9 Å². The minimum atomic E-state index is -0.329. The number of likely N-dealkylation sites (tertiary alicyclic amines) is 1. The number of cyclic esters (lactones) is 1. The maximum absolute atomic E-state index is 12.1. The van der Waals surface area contributed by atoms with Gasteiger partial charge in [-0.1, -0.05) is 0 Å². The summed E-state index contributed by atoms with van der Waals surface area (Å²) in [6, 6.07) is 0. The van der Waals surface area contributed by atoms with E-state index in [4.69, 9.17) is 10.5 Å². The normalized spacial score (nSPS) is 23.9. The molecule has 0 aromatic heterocycles. The largest absolute Gasteiger partial charge is 0.444 e. The molecule has 0 radical (unpaired) electrons. The average Bonchev–Trinajstić information content (AvgIpc) is 2.75. The molecular weight excluding hydrogens is 262 g/mol. The molecule has 2 rings (SSSR count). The molecule has 112 valence electrons. The molecule has 3 amide bonds. The van der Waals surface area contributed by atoms with Gasteiger partial charge in [-0.3, -0.25) is 9.59 Å². The molecule has 20 heavy (non-hydrogen) atoms. The highest BCUT2D eigenvalue weighted by atomic mass is 16.6. The average molecular weight is 283 g/mol. The quantitative estimate of drug-likeness (QED) is 0.782. The summed E-state index contributed by atoms with van der Waals surface area (Å²) >= 11 is 0. The number of nitrogens with zero attached hydrogens (tertiary/aromatic N) is 2. The number of ether oxygens (including phenoxy) is 1. The number of carbonyl (C=O) groups excluding carboxylic acids is 3. The van der Waals surface area contributed by atoms with Crippen LogP contribution in [-0.4, -0.2) is 60.5 Å². The van der Waals surface area contributed by atoms with Crippen molar-refractivity contribution in [2.45, 2.75) is 31.8 Å². The third-order valence-electron chi connectivity index (χ3n) is 3.99. The van der Waals surface area contributed by atoms with E-state index < -0.39 is 0 Å². The molecule has 7 nitrogen and oxygen atoms in total. The molecule has 0 saturated carbocycles. The van der Waals surface area contributed by atoms with Crippen molar-refractivity contribution in [3.8, 4) is 0 Å². The molecule has 2 fully saturated rings. The van der Waals surface area contributed by atoms with Crippen LogP contribution >= 0.6 is 0 Å². The van der Waals surface area contributed by atoms with E-state index in [1.807, 2.05) is 0 Å². The number of amides is 3. The van der Waals surface area contributed by atoms with Crippen LogP contribution in [0.2, 0.25) is 0 Å². The Morgan fingerprint density at radius 2 is 2.00 bits per heavy atom. The Hall–Kier alpha value is -1.79. The van der Waals surface area contributed by atoms with Crippen molar-refractivity contribution in [1.82, 2.24) is 9.80 Å². The smallest absolute Gasteiger partial charge is 0.409 e. The van der Waals surface area contributed by atoms with Crippen LogP contribution < -0.4 is 5.73 Å². The van der Waals surface area contributed by atoms with Crippen molar-refractivity contribution in [3.05, 3.63) is 0 Å². The van der Waals surface area contributed by atoms with Gasteiger partial charge in [-0.2, -0.15) is 0 Å². The van der Waals surface area contributed by atoms with Gasteiger partial charge in [0, 0.05) is 32.5 Å². The molecule has 2 aliphatic rings. The highest BCUT2D eigenvalue weighted by Gasteiger charge is 2.30. The fourth-order valence-electron chi connectivity index (χ4n) is 2.66. The maximum Gasteiger partial charge on any atom is 0.409 e. The molecule has 1 unspecified atom stereocenters. The highest BCUT2D eigenvalue weighted by molar-refractivity contribution is 5.79. The minimum absolute atomic E-state index is 0.0542. The number of likely N-dealkylation sites (N-methyl/N-ethyl adjacent to an activating group) is 1. The van der Waals surface area contributed by atoms with Crippen LogP contribution in [0.25, 0.3) is 0 Å². The lowest BCUT2D eigenvalue weighted by atomic mass is 9.96. The van der Waals surface area contributed by atoms with Crippen molar-refractivity contribution in [3.63, 3.8) is 0 Å². The number of carbonyl (C=O) groups is 3. The summed E-state index contributed by atoms with van der Waals surface area (Å²) in [7, 11) is 1.68. The number of hydrogen-bond acceptors (Lipinski definition) is 4. The van der Waals surface area contributed by atoms with E-state index in [2.05, 4.69) is 0 Å². The zero-order valence-electron chi connectivity index (χ0n) is 11.7. The van der Waals surface area contributed by atoms with Gasteiger partial charge in [0.1, 0.15) is 6.10 Å². The number of nitrogens with two attached hydrogens (primary N) is 1. The van der Waals surface area contributed by atoms with Gasteiger partial charge in [0.05, 0.1) is 6.54 Å². The van der Waals surface area contributed by atoms with Crippen molar-refractivity contribution >= 4 is 17.9 Å². The van der Waals surface area contributed by atoms with Crippen molar-refractivity contribution in [1.29, 1.82) is 0 Å². The first kappa shape index (κ1) is 14.6. The minimum Gasteiger partial charge on any atom is -0.444 e. The predicted octanol–water partition coefficient (Wildman–Crippen LogP) is -0.0589. The lowest BCUT2D eigenvalue weighted by molar-refractivity contribution is -0.135. The first-order valence-electron chi connectivity index (χ1n) is 6.96. The fourth-order valence-corrected chi connectivity index (χ4v) is 2.66. The predicted molar refractivity (Wildman–Crippen MR) is 70.6 cm³/mol. The summed E-state index contributed by atoms with van der Waals surface area (Å²) in [6.07, 6.45) is 1.67. The van der Waals surface area contributed by atoms with Crippen LogP contribution in [0.1, 0.15) is 25.7 Å². The Morgan fingerprint density at radius 1 is 1.35 bits per heavy atom. The zero-order valence-corrected chi connectivity index (χ0v) is 11.7. The second kappa shape index (κ2) is 6.11. The van der Waals surface area contributed by atoms with Crippen LogP contribution in [0.15, 0.2) is 0 Å². The standard InChI is InChI=1S/C13H21N3O4/c1-15-8-10(20-13(15)19)2-3-11(17)16-6-4-9(5-7-16)12(14)18/h9-10H,2-8H2,1H3,(H2,14,18). The van der Waals surface area contributed by atoms with Crippen molar-refractivity contribution in [2.24, 2.45) is 11.7 Å². The second-order valence-corrected chi connectivity index (χ2v) is 5.48. The maximum atomic E-state index is 12.1. The van der Waals surface area contributed by atoms with Crippen LogP contribution in [0.5, 0.6) is 0 Å². The van der Waals surface area contributed by atoms with E-state index in [0.29, 0.717) is 45.3 Å². The second-order valence-electron chi connectivity index (χ2n) is 5.48. The summed E-state index contributed by atoms with van der Waals surface area (Å²) < 4.78 is 5.11. The van der Waals surface area contributed by atoms with Gasteiger partial charge in [-0.15, -0.1) is 0 Å². The first-order chi connectivity index (χ1) is 9.47. The summed E-state index contributed by atoms with van der Waals surface area (Å²) in [5.74, 6) is -0.333. The highest BCUT2D eigenvalue weighted by Crippen LogP contribution is 2.19. The lowest BCUT2D eigenvalue weighted by Crippen LogP contribution is -2.41. The van der Waals surface area contributed by atoms with E-state index in [-0.39, 0.29) is 29.9 Å². The Kier molecular flexibility index (Phi) is 4.46. The summed E-state index contributed by atoms with van der Waals surface area (Å²) in [4.78, 5) is 37.6. The Balaban J connectivity index is 1.71. The van der Waals surface area contributed by atoms with Gasteiger partial charge in [0.25, 0.3) is 0 Å². The number of rotatable bonds is 4. The van der Waals surface area contributed by atoms with Gasteiger partial charge >= 0.3 is 6.09 Å². The molecule has 1 atom stereocenters. The Morgan fingerprint density at radius 3 is 2.50 bits per heavy atom. The number of hydrogen-bond donors (Lipinski definition) is 1. The van der Waals surface area contributed by atoms with Gasteiger partial charge in [-0.05, 0) is 19.3 Å². The third-order valence-corrected chi connectivity index (χ3v) is 3.99. The van der Waals surface area contributed by atoms with Crippen LogP contribution in [-0.2, 0) is 14.3 Å². The topological polar surface area (TPSA) is 92.9 Å². The van der Waals surface area contributed by atoms with E-state index in [9.17, 15) is 14.4 Å². The van der Waals surface area contributed by atoms with Crippen molar-refractivity contribution < 1.29 is 19.1 Å². The number of piperidine rings is 1. The molecule has 0 aromatic rings. The van der Waals surface area contributed by atoms with Crippen LogP contribution in [0.3, 0.4) is 0 Å². The van der Waals surface area contributed by atoms with Crippen molar-refractivity contribution in [2.75, 3.05) is 26.7 Å². The molecule has 0 spiro atoms. The molecule has 2 heterocycles. The van der Waals surface area contributed by atoms with Gasteiger partial charge in [0.2, 0.25) is 11.8 Å². The molecule has 7 heteroatoms. The van der Waals surface area contributed by atoms with Gasteiger partial charge in [0.15, 0.2) is 0 Å². The molecule has 0 aromatic carbocycles. The molecule has 2 saturated heterocycles. The van der Waals surface area contributed by atoms with Crippen LogP contribution in [0, 0.1) is 5.92 Å². The van der Waals surface area contributed by atoms with E-state index in [0.717, 1.165) is 0 Å².